The number of rotatable bonds is 6. The molecule has 2 aromatic heterocycles. The molecular formula is C25H19FN4O3S. The van der Waals surface area contributed by atoms with Gasteiger partial charge in [0.05, 0.1) is 29.2 Å². The van der Waals surface area contributed by atoms with Crippen LogP contribution >= 0.6 is 11.3 Å². The van der Waals surface area contributed by atoms with Crippen molar-refractivity contribution in [2.75, 3.05) is 7.11 Å². The largest absolute Gasteiger partial charge is 0.493 e. The van der Waals surface area contributed by atoms with E-state index in [1.165, 1.54) is 12.1 Å². The van der Waals surface area contributed by atoms with E-state index in [9.17, 15) is 9.65 Å². The molecule has 1 atom stereocenters. The molecule has 1 aliphatic heterocycles. The van der Waals surface area contributed by atoms with Gasteiger partial charge in [-0.2, -0.15) is 5.26 Å². The highest BCUT2D eigenvalue weighted by Crippen LogP contribution is 2.47. The lowest BCUT2D eigenvalue weighted by molar-refractivity contribution is 0.284. The molecule has 7 nitrogen and oxygen atoms in total. The number of thiophene rings is 1. The molecule has 3 N–H and O–H groups in total. The van der Waals surface area contributed by atoms with Gasteiger partial charge in [0.1, 0.15) is 24.1 Å². The van der Waals surface area contributed by atoms with Crippen molar-refractivity contribution in [2.45, 2.75) is 12.5 Å². The summed E-state index contributed by atoms with van der Waals surface area (Å²) < 4.78 is 30.3. The van der Waals surface area contributed by atoms with Gasteiger partial charge in [-0.15, -0.1) is 16.4 Å². The fraction of sp³-hybridized carbons (Fsp3) is 0.120. The zero-order chi connectivity index (χ0) is 23.7. The summed E-state index contributed by atoms with van der Waals surface area (Å²) in [6, 6.07) is 17.7. The summed E-state index contributed by atoms with van der Waals surface area (Å²) in [5.74, 6) is 0.543. The van der Waals surface area contributed by atoms with Crippen molar-refractivity contribution in [3.8, 4) is 34.0 Å². The average molecular weight is 475 g/mol. The standard InChI is InChI=1S/C25H19FN4O3S/c1-31-19-11-15(6-9-18(19)32-13-14-4-7-16(26)8-5-14)21-17(12-27)24(28)33-25-22(21)23(29-30-25)20-3-2-10-34-20/h2-11,21H,13,28H2,1H3,(H,29,30)/t21-/m1/s1. The first-order valence-corrected chi connectivity index (χ1v) is 11.2. The van der Waals surface area contributed by atoms with Gasteiger partial charge in [0, 0.05) is 0 Å². The molecule has 3 heterocycles. The smallest absolute Gasteiger partial charge is 0.244 e. The van der Waals surface area contributed by atoms with E-state index in [1.54, 1.807) is 36.6 Å². The lowest BCUT2D eigenvalue weighted by Gasteiger charge is -2.24. The second kappa shape index (κ2) is 8.92. The first kappa shape index (κ1) is 21.6. The van der Waals surface area contributed by atoms with Crippen molar-refractivity contribution >= 4 is 11.3 Å². The Labute approximate surface area is 198 Å². The van der Waals surface area contributed by atoms with E-state index < -0.39 is 5.92 Å². The van der Waals surface area contributed by atoms with Gasteiger partial charge < -0.3 is 19.9 Å². The van der Waals surface area contributed by atoms with Gasteiger partial charge in [0.2, 0.25) is 11.8 Å². The summed E-state index contributed by atoms with van der Waals surface area (Å²) in [6.45, 7) is 0.248. The average Bonchev–Trinajstić information content (AvgIpc) is 3.52. The number of nitrogens with zero attached hydrogens (tertiary/aromatic N) is 2. The second-order valence-corrected chi connectivity index (χ2v) is 8.49. The quantitative estimate of drug-likeness (QED) is 0.404. The molecule has 170 valence electrons. The number of hydrogen-bond acceptors (Lipinski definition) is 7. The molecule has 34 heavy (non-hydrogen) atoms. The first-order valence-electron chi connectivity index (χ1n) is 10.3. The van der Waals surface area contributed by atoms with Crippen LogP contribution in [0, 0.1) is 17.1 Å². The number of allylic oxidation sites excluding steroid dienone is 1. The van der Waals surface area contributed by atoms with Crippen LogP contribution in [0.5, 0.6) is 17.4 Å². The van der Waals surface area contributed by atoms with Crippen LogP contribution < -0.4 is 19.9 Å². The van der Waals surface area contributed by atoms with Crippen molar-refractivity contribution in [1.82, 2.24) is 10.2 Å². The molecule has 0 amide bonds. The van der Waals surface area contributed by atoms with E-state index in [0.29, 0.717) is 17.4 Å². The minimum Gasteiger partial charge on any atom is -0.493 e. The van der Waals surface area contributed by atoms with E-state index in [0.717, 1.165) is 27.3 Å². The number of aromatic nitrogens is 2. The fourth-order valence-electron chi connectivity index (χ4n) is 3.91. The van der Waals surface area contributed by atoms with E-state index in [4.69, 9.17) is 19.9 Å². The van der Waals surface area contributed by atoms with E-state index in [1.807, 2.05) is 29.6 Å². The Morgan fingerprint density at radius 3 is 2.74 bits per heavy atom. The molecule has 0 bridgehead atoms. The maximum Gasteiger partial charge on any atom is 0.244 e. The molecular weight excluding hydrogens is 455 g/mol. The molecule has 0 radical (unpaired) electrons. The number of halogens is 1. The molecule has 5 rings (SSSR count). The normalized spacial score (nSPS) is 14.8. The lowest BCUT2D eigenvalue weighted by atomic mass is 9.83. The summed E-state index contributed by atoms with van der Waals surface area (Å²) in [5, 5.41) is 19.2. The third-order valence-corrected chi connectivity index (χ3v) is 6.42. The number of hydrogen-bond donors (Lipinski definition) is 2. The molecule has 0 aliphatic carbocycles. The zero-order valence-corrected chi connectivity index (χ0v) is 18.9. The monoisotopic (exact) mass is 474 g/mol. The van der Waals surface area contributed by atoms with E-state index >= 15 is 0 Å². The van der Waals surface area contributed by atoms with Gasteiger partial charge in [0.15, 0.2) is 11.5 Å². The minimum atomic E-state index is -0.510. The number of aromatic amines is 1. The van der Waals surface area contributed by atoms with Crippen LogP contribution in [-0.4, -0.2) is 17.3 Å². The summed E-state index contributed by atoms with van der Waals surface area (Å²) in [5.41, 5.74) is 9.47. The van der Waals surface area contributed by atoms with Crippen molar-refractivity contribution in [3.63, 3.8) is 0 Å². The SMILES string of the molecule is COc1cc([C@@H]2C(C#N)=C(N)Oc3n[nH]c(-c4cccs4)c32)ccc1OCc1ccc(F)cc1. The molecule has 0 saturated carbocycles. The summed E-state index contributed by atoms with van der Waals surface area (Å²) >= 11 is 1.55. The van der Waals surface area contributed by atoms with Crippen LogP contribution in [0.25, 0.3) is 10.6 Å². The molecule has 0 spiro atoms. The maximum atomic E-state index is 13.2. The Morgan fingerprint density at radius 1 is 1.21 bits per heavy atom. The number of ether oxygens (including phenoxy) is 3. The first-order chi connectivity index (χ1) is 16.6. The predicted octanol–water partition coefficient (Wildman–Crippen LogP) is 5.08. The summed E-state index contributed by atoms with van der Waals surface area (Å²) in [6.07, 6.45) is 0. The van der Waals surface area contributed by atoms with Gasteiger partial charge in [0.25, 0.3) is 0 Å². The Kier molecular flexibility index (Phi) is 5.65. The van der Waals surface area contributed by atoms with Gasteiger partial charge in [-0.25, -0.2) is 4.39 Å². The Balaban J connectivity index is 1.53. The summed E-state index contributed by atoms with van der Waals surface area (Å²) in [4.78, 5) is 0.964. The van der Waals surface area contributed by atoms with Crippen LogP contribution in [0.3, 0.4) is 0 Å². The molecule has 9 heteroatoms. The van der Waals surface area contributed by atoms with Crippen LogP contribution in [0.15, 0.2) is 71.4 Å². The predicted molar refractivity (Wildman–Crippen MR) is 125 cm³/mol. The lowest BCUT2D eigenvalue weighted by Crippen LogP contribution is -2.21. The van der Waals surface area contributed by atoms with Gasteiger partial charge >= 0.3 is 0 Å². The van der Waals surface area contributed by atoms with Gasteiger partial charge in [-0.1, -0.05) is 24.3 Å². The number of nitrogens with one attached hydrogen (secondary N) is 1. The number of H-pyrrole nitrogens is 1. The van der Waals surface area contributed by atoms with Crippen LogP contribution in [0.4, 0.5) is 4.39 Å². The van der Waals surface area contributed by atoms with Crippen LogP contribution in [0.2, 0.25) is 0 Å². The van der Waals surface area contributed by atoms with Crippen molar-refractivity contribution < 1.29 is 18.6 Å². The Morgan fingerprint density at radius 2 is 2.03 bits per heavy atom. The number of benzene rings is 2. The molecule has 0 unspecified atom stereocenters. The zero-order valence-electron chi connectivity index (χ0n) is 18.0. The third kappa shape index (κ3) is 3.84. The highest BCUT2D eigenvalue weighted by Gasteiger charge is 2.36. The number of nitriles is 1. The third-order valence-electron chi connectivity index (χ3n) is 5.54. The van der Waals surface area contributed by atoms with Crippen molar-refractivity contribution in [1.29, 1.82) is 5.26 Å². The van der Waals surface area contributed by atoms with Crippen LogP contribution in [0.1, 0.15) is 22.6 Å². The molecule has 0 saturated heterocycles. The highest BCUT2D eigenvalue weighted by atomic mass is 32.1. The maximum absolute atomic E-state index is 13.2. The van der Waals surface area contributed by atoms with Crippen molar-refractivity contribution in [3.05, 3.63) is 93.9 Å². The molecule has 4 aromatic rings. The fourth-order valence-corrected chi connectivity index (χ4v) is 4.65. The van der Waals surface area contributed by atoms with Crippen LogP contribution in [-0.2, 0) is 6.61 Å². The van der Waals surface area contributed by atoms with E-state index in [2.05, 4.69) is 16.3 Å². The number of nitrogens with two attached hydrogens (primary N) is 1. The number of fused-ring (bicyclic) bond motifs is 1. The highest BCUT2D eigenvalue weighted by molar-refractivity contribution is 7.13. The second-order valence-electron chi connectivity index (χ2n) is 7.54. The molecule has 0 fully saturated rings. The van der Waals surface area contributed by atoms with Crippen molar-refractivity contribution in [2.24, 2.45) is 5.73 Å². The van der Waals surface area contributed by atoms with Gasteiger partial charge in [-0.3, -0.25) is 5.10 Å². The van der Waals surface area contributed by atoms with Gasteiger partial charge in [-0.05, 0) is 46.8 Å². The molecule has 2 aromatic carbocycles. The number of methoxy groups -OCH3 is 1. The van der Waals surface area contributed by atoms with E-state index in [-0.39, 0.29) is 23.9 Å². The Hall–Kier alpha value is -4.29. The Bertz CT molecular complexity index is 1410. The minimum absolute atomic E-state index is 0.0137. The molecule has 1 aliphatic rings. The summed E-state index contributed by atoms with van der Waals surface area (Å²) in [7, 11) is 1.55. The topological polar surface area (TPSA) is 106 Å².